The summed E-state index contributed by atoms with van der Waals surface area (Å²) in [6, 6.07) is 0.346. The maximum atomic E-state index is 5.57. The van der Waals surface area contributed by atoms with Gasteiger partial charge < -0.3 is 14.2 Å². The van der Waals surface area contributed by atoms with Crippen LogP contribution >= 0.6 is 11.6 Å². The molecule has 0 saturated heterocycles. The third kappa shape index (κ3) is 2.97. The van der Waals surface area contributed by atoms with Crippen molar-refractivity contribution in [3.63, 3.8) is 0 Å². The monoisotopic (exact) mass is 256 g/mol. The molecule has 0 aliphatic rings. The summed E-state index contributed by atoms with van der Waals surface area (Å²) in [4.78, 5) is 4.23. The molecule has 0 bridgehead atoms. The highest BCUT2D eigenvalue weighted by atomic mass is 35.5. The highest BCUT2D eigenvalue weighted by Gasteiger charge is 2.08. The van der Waals surface area contributed by atoms with Crippen LogP contribution in [0, 0.1) is 13.8 Å². The molecule has 0 radical (unpaired) electrons. The summed E-state index contributed by atoms with van der Waals surface area (Å²) in [6.45, 7) is 4.18. The first-order valence-electron chi connectivity index (χ1n) is 5.24. The molecule has 2 aromatic rings. The summed E-state index contributed by atoms with van der Waals surface area (Å²) >= 11 is 5.57. The minimum atomic E-state index is 0.346. The van der Waals surface area contributed by atoms with Crippen LogP contribution in [-0.2, 0) is 13.0 Å². The van der Waals surface area contributed by atoms with Crippen molar-refractivity contribution in [3.8, 4) is 0 Å². The summed E-state index contributed by atoms with van der Waals surface area (Å²) in [5.41, 5.74) is 0.884. The Morgan fingerprint density at radius 1 is 1.18 bits per heavy atom. The highest BCUT2D eigenvalue weighted by molar-refractivity contribution is 6.17. The molecule has 7 heteroatoms. The molecular formula is C10H13ClN4O2. The van der Waals surface area contributed by atoms with Gasteiger partial charge in [-0.3, -0.25) is 0 Å². The van der Waals surface area contributed by atoms with Crippen LogP contribution in [0.15, 0.2) is 8.83 Å². The Kier molecular flexibility index (Phi) is 3.63. The maximum Gasteiger partial charge on any atom is 0.315 e. The van der Waals surface area contributed by atoms with Crippen LogP contribution in [-0.4, -0.2) is 21.1 Å². The van der Waals surface area contributed by atoms with Gasteiger partial charge in [0.25, 0.3) is 0 Å². The van der Waals surface area contributed by atoms with Crippen LogP contribution in [0.5, 0.6) is 0 Å². The van der Waals surface area contributed by atoms with Crippen molar-refractivity contribution in [2.45, 2.75) is 26.8 Å². The van der Waals surface area contributed by atoms with E-state index < -0.39 is 0 Å². The van der Waals surface area contributed by atoms with Gasteiger partial charge in [0.1, 0.15) is 5.76 Å². The lowest BCUT2D eigenvalue weighted by molar-refractivity contribution is 0.469. The number of hydrogen-bond donors (Lipinski definition) is 1. The van der Waals surface area contributed by atoms with Gasteiger partial charge in [-0.2, -0.15) is 0 Å². The molecule has 0 saturated carbocycles. The van der Waals surface area contributed by atoms with Crippen molar-refractivity contribution in [1.82, 2.24) is 15.2 Å². The minimum Gasteiger partial charge on any atom is -0.444 e. The smallest absolute Gasteiger partial charge is 0.315 e. The van der Waals surface area contributed by atoms with Gasteiger partial charge in [0.2, 0.25) is 11.8 Å². The molecule has 0 amide bonds. The van der Waals surface area contributed by atoms with Gasteiger partial charge in [-0.25, -0.2) is 4.98 Å². The Hall–Kier alpha value is -1.56. The van der Waals surface area contributed by atoms with E-state index in [-0.39, 0.29) is 0 Å². The molecule has 0 spiro atoms. The quantitative estimate of drug-likeness (QED) is 0.825. The standard InChI is InChI=1S/C10H13ClN4O2/c1-6-7(2)16-9(13-6)5-12-10-15-14-8(17-10)3-4-11/h3-5H2,1-2H3,(H,12,15). The molecule has 92 valence electrons. The van der Waals surface area contributed by atoms with Gasteiger partial charge >= 0.3 is 6.01 Å². The predicted octanol–water partition coefficient (Wildman–Crippen LogP) is 2.07. The van der Waals surface area contributed by atoms with Crippen molar-refractivity contribution in [2.24, 2.45) is 0 Å². The van der Waals surface area contributed by atoms with E-state index >= 15 is 0 Å². The van der Waals surface area contributed by atoms with Crippen LogP contribution in [0.1, 0.15) is 23.2 Å². The summed E-state index contributed by atoms with van der Waals surface area (Å²) < 4.78 is 10.7. The first-order chi connectivity index (χ1) is 8.19. The number of aryl methyl sites for hydroxylation is 3. The molecule has 0 atom stereocenters. The lowest BCUT2D eigenvalue weighted by Gasteiger charge is -1.95. The number of rotatable bonds is 5. The molecule has 2 heterocycles. The summed E-state index contributed by atoms with van der Waals surface area (Å²) in [6.07, 6.45) is 0.563. The first-order valence-corrected chi connectivity index (χ1v) is 5.77. The Bertz CT molecular complexity index is 475. The van der Waals surface area contributed by atoms with Crippen molar-refractivity contribution in [1.29, 1.82) is 0 Å². The van der Waals surface area contributed by atoms with E-state index in [0.717, 1.165) is 11.5 Å². The molecule has 6 nitrogen and oxygen atoms in total. The molecule has 0 aromatic carbocycles. The van der Waals surface area contributed by atoms with Gasteiger partial charge in [0.15, 0.2) is 0 Å². The van der Waals surface area contributed by atoms with E-state index in [1.54, 1.807) is 0 Å². The number of aromatic nitrogens is 3. The fraction of sp³-hybridized carbons (Fsp3) is 0.500. The molecular weight excluding hydrogens is 244 g/mol. The molecule has 0 unspecified atom stereocenters. The Balaban J connectivity index is 1.92. The van der Waals surface area contributed by atoms with Crippen molar-refractivity contribution < 1.29 is 8.83 Å². The van der Waals surface area contributed by atoms with Gasteiger partial charge in [-0.15, -0.1) is 16.7 Å². The lowest BCUT2D eigenvalue weighted by atomic mass is 10.4. The Morgan fingerprint density at radius 2 is 2.00 bits per heavy atom. The van der Waals surface area contributed by atoms with Gasteiger partial charge in [-0.1, -0.05) is 5.10 Å². The molecule has 1 N–H and O–H groups in total. The number of anilines is 1. The largest absolute Gasteiger partial charge is 0.444 e. The van der Waals surface area contributed by atoms with E-state index in [4.69, 9.17) is 20.4 Å². The highest BCUT2D eigenvalue weighted by Crippen LogP contribution is 2.11. The summed E-state index contributed by atoms with van der Waals surface area (Å²) in [5, 5.41) is 10.6. The third-order valence-corrected chi connectivity index (χ3v) is 2.43. The second kappa shape index (κ2) is 5.18. The SMILES string of the molecule is Cc1nc(CNc2nnc(CCCl)o2)oc1C. The topological polar surface area (TPSA) is 77.0 Å². The van der Waals surface area contributed by atoms with E-state index in [0.29, 0.717) is 36.6 Å². The van der Waals surface area contributed by atoms with E-state index in [2.05, 4.69) is 20.5 Å². The zero-order chi connectivity index (χ0) is 12.3. The number of oxazole rings is 1. The fourth-order valence-electron chi connectivity index (χ4n) is 1.27. The van der Waals surface area contributed by atoms with E-state index in [1.807, 2.05) is 13.8 Å². The zero-order valence-corrected chi connectivity index (χ0v) is 10.4. The molecule has 2 rings (SSSR count). The molecule has 0 aliphatic carbocycles. The van der Waals surface area contributed by atoms with E-state index in [1.165, 1.54) is 0 Å². The van der Waals surface area contributed by atoms with E-state index in [9.17, 15) is 0 Å². The van der Waals surface area contributed by atoms with Crippen LogP contribution < -0.4 is 5.32 Å². The number of nitrogens with zero attached hydrogens (tertiary/aromatic N) is 3. The van der Waals surface area contributed by atoms with Crippen LogP contribution in [0.4, 0.5) is 6.01 Å². The number of alkyl halides is 1. The number of hydrogen-bond acceptors (Lipinski definition) is 6. The van der Waals surface area contributed by atoms with Crippen molar-refractivity contribution in [3.05, 3.63) is 23.2 Å². The van der Waals surface area contributed by atoms with Gasteiger partial charge in [0.05, 0.1) is 12.2 Å². The fourth-order valence-corrected chi connectivity index (χ4v) is 1.43. The molecule has 0 aliphatic heterocycles. The second-order valence-electron chi connectivity index (χ2n) is 3.54. The molecule has 2 aromatic heterocycles. The maximum absolute atomic E-state index is 5.57. The number of halogens is 1. The molecule has 17 heavy (non-hydrogen) atoms. The van der Waals surface area contributed by atoms with Gasteiger partial charge in [0, 0.05) is 12.3 Å². The van der Waals surface area contributed by atoms with Crippen LogP contribution in [0.25, 0.3) is 0 Å². The van der Waals surface area contributed by atoms with Crippen molar-refractivity contribution in [2.75, 3.05) is 11.2 Å². The summed E-state index contributed by atoms with van der Waals surface area (Å²) in [5.74, 6) is 2.38. The number of nitrogens with one attached hydrogen (secondary N) is 1. The third-order valence-electron chi connectivity index (χ3n) is 2.24. The second-order valence-corrected chi connectivity index (χ2v) is 3.92. The lowest BCUT2D eigenvalue weighted by Crippen LogP contribution is -1.99. The normalized spacial score (nSPS) is 10.8. The zero-order valence-electron chi connectivity index (χ0n) is 9.66. The molecule has 0 fully saturated rings. The summed E-state index contributed by atoms with van der Waals surface area (Å²) in [7, 11) is 0. The average Bonchev–Trinajstić information content (AvgIpc) is 2.85. The van der Waals surface area contributed by atoms with Crippen LogP contribution in [0.2, 0.25) is 0 Å². The van der Waals surface area contributed by atoms with Crippen molar-refractivity contribution >= 4 is 17.6 Å². The minimum absolute atomic E-state index is 0.346. The average molecular weight is 257 g/mol. The predicted molar refractivity (Wildman–Crippen MR) is 62.0 cm³/mol. The first kappa shape index (κ1) is 11.9. The Labute approximate surface area is 103 Å². The Morgan fingerprint density at radius 3 is 2.65 bits per heavy atom. The van der Waals surface area contributed by atoms with Gasteiger partial charge in [-0.05, 0) is 13.8 Å². The van der Waals surface area contributed by atoms with Crippen LogP contribution in [0.3, 0.4) is 0 Å².